The molecule has 1 saturated carbocycles. The van der Waals surface area contributed by atoms with Crippen molar-refractivity contribution in [2.45, 2.75) is 48.0 Å². The minimum Gasteiger partial charge on any atom is -0.316 e. The molecule has 1 heteroatoms. The number of hydrogen-bond donors (Lipinski definition) is 1. The molecule has 84 valence electrons. The second kappa shape index (κ2) is 3.84. The van der Waals surface area contributed by atoms with Crippen LogP contribution in [0.5, 0.6) is 0 Å². The van der Waals surface area contributed by atoms with Crippen LogP contribution in [0.3, 0.4) is 0 Å². The summed E-state index contributed by atoms with van der Waals surface area (Å²) in [6.45, 7) is 16.5. The summed E-state index contributed by atoms with van der Waals surface area (Å²) in [4.78, 5) is 0. The van der Waals surface area contributed by atoms with Crippen LogP contribution in [0.15, 0.2) is 0 Å². The summed E-state index contributed by atoms with van der Waals surface area (Å²) in [5.74, 6) is 1.69. The summed E-state index contributed by atoms with van der Waals surface area (Å²) in [5, 5.41) is 3.59. The highest BCUT2D eigenvalue weighted by atomic mass is 14.9. The Morgan fingerprint density at radius 1 is 1.07 bits per heavy atom. The van der Waals surface area contributed by atoms with E-state index in [1.165, 1.54) is 19.5 Å². The van der Waals surface area contributed by atoms with Crippen LogP contribution in [-0.4, -0.2) is 13.1 Å². The molecule has 0 aliphatic heterocycles. The molecule has 0 spiro atoms. The molecule has 0 aromatic heterocycles. The number of rotatable bonds is 5. The summed E-state index contributed by atoms with van der Waals surface area (Å²) in [6.07, 6.45) is 1.30. The Bertz CT molecular complexity index is 177. The quantitative estimate of drug-likeness (QED) is 0.667. The predicted octanol–water partition coefficient (Wildman–Crippen LogP) is 3.30. The van der Waals surface area contributed by atoms with Gasteiger partial charge in [0.25, 0.3) is 0 Å². The van der Waals surface area contributed by atoms with Crippen molar-refractivity contribution >= 4 is 0 Å². The zero-order valence-electron chi connectivity index (χ0n) is 10.8. The topological polar surface area (TPSA) is 12.0 Å². The van der Waals surface area contributed by atoms with Crippen LogP contribution in [-0.2, 0) is 0 Å². The van der Waals surface area contributed by atoms with Gasteiger partial charge in [-0.25, -0.2) is 0 Å². The van der Waals surface area contributed by atoms with Crippen molar-refractivity contribution in [2.24, 2.45) is 22.7 Å². The maximum Gasteiger partial charge on any atom is -0.000989 e. The second-order valence-corrected chi connectivity index (χ2v) is 6.38. The van der Waals surface area contributed by atoms with Crippen LogP contribution in [0.4, 0.5) is 0 Å². The van der Waals surface area contributed by atoms with Gasteiger partial charge in [0.05, 0.1) is 0 Å². The van der Waals surface area contributed by atoms with Crippen molar-refractivity contribution in [3.8, 4) is 0 Å². The van der Waals surface area contributed by atoms with Gasteiger partial charge in [-0.05, 0) is 42.2 Å². The summed E-state index contributed by atoms with van der Waals surface area (Å²) < 4.78 is 0. The van der Waals surface area contributed by atoms with Crippen LogP contribution < -0.4 is 5.32 Å². The molecule has 0 aromatic rings. The minimum atomic E-state index is 0.540. The monoisotopic (exact) mass is 197 g/mol. The summed E-state index contributed by atoms with van der Waals surface area (Å²) >= 11 is 0. The van der Waals surface area contributed by atoms with Gasteiger partial charge in [0.15, 0.2) is 0 Å². The lowest BCUT2D eigenvalue weighted by atomic mass is 10.0. The van der Waals surface area contributed by atoms with E-state index in [0.29, 0.717) is 10.8 Å². The van der Waals surface area contributed by atoms with E-state index in [1.54, 1.807) is 0 Å². The van der Waals surface area contributed by atoms with Crippen LogP contribution in [0, 0.1) is 22.7 Å². The van der Waals surface area contributed by atoms with E-state index in [-0.39, 0.29) is 0 Å². The molecule has 1 rings (SSSR count). The zero-order chi connectivity index (χ0) is 11.0. The third kappa shape index (κ3) is 2.13. The average Bonchev–Trinajstić information content (AvgIpc) is 2.38. The van der Waals surface area contributed by atoms with Crippen molar-refractivity contribution in [2.75, 3.05) is 13.1 Å². The third-order valence-corrected chi connectivity index (χ3v) is 4.57. The molecular weight excluding hydrogens is 170 g/mol. The molecule has 0 amide bonds. The van der Waals surface area contributed by atoms with Gasteiger partial charge in [0.1, 0.15) is 0 Å². The fourth-order valence-corrected chi connectivity index (χ4v) is 2.48. The maximum absolute atomic E-state index is 3.59. The third-order valence-electron chi connectivity index (χ3n) is 4.57. The molecule has 1 fully saturated rings. The highest BCUT2D eigenvalue weighted by Crippen LogP contribution is 2.67. The Balaban J connectivity index is 2.16. The molecule has 1 N–H and O–H groups in total. The standard InChI is InChI=1S/C13H27N/c1-10(2)7-8-14-9-11-12(3,4)13(11,5)6/h10-11,14H,7-9H2,1-6H3. The Morgan fingerprint density at radius 3 is 1.93 bits per heavy atom. The minimum absolute atomic E-state index is 0.540. The van der Waals surface area contributed by atoms with Crippen LogP contribution >= 0.6 is 0 Å². The Labute approximate surface area is 89.7 Å². The molecule has 0 atom stereocenters. The van der Waals surface area contributed by atoms with Crippen LogP contribution in [0.2, 0.25) is 0 Å². The largest absolute Gasteiger partial charge is 0.316 e. The van der Waals surface area contributed by atoms with E-state index in [0.717, 1.165) is 11.8 Å². The smallest absolute Gasteiger partial charge is 0.000989 e. The fraction of sp³-hybridized carbons (Fsp3) is 1.00. The molecule has 1 nitrogen and oxygen atoms in total. The number of nitrogens with one attached hydrogen (secondary N) is 1. The van der Waals surface area contributed by atoms with E-state index in [1.807, 2.05) is 0 Å². The lowest BCUT2D eigenvalue weighted by Gasteiger charge is -2.07. The van der Waals surface area contributed by atoms with Crippen molar-refractivity contribution in [1.29, 1.82) is 0 Å². The summed E-state index contributed by atoms with van der Waals surface area (Å²) in [5.41, 5.74) is 1.08. The van der Waals surface area contributed by atoms with Gasteiger partial charge < -0.3 is 5.32 Å². The Hall–Kier alpha value is -0.0400. The van der Waals surface area contributed by atoms with E-state index in [4.69, 9.17) is 0 Å². The molecular formula is C13H27N. The molecule has 0 unspecified atom stereocenters. The van der Waals surface area contributed by atoms with Gasteiger partial charge in [-0.1, -0.05) is 41.5 Å². The van der Waals surface area contributed by atoms with Crippen molar-refractivity contribution in [1.82, 2.24) is 5.32 Å². The second-order valence-electron chi connectivity index (χ2n) is 6.38. The van der Waals surface area contributed by atoms with Crippen molar-refractivity contribution < 1.29 is 0 Å². The molecule has 1 aliphatic carbocycles. The van der Waals surface area contributed by atoms with E-state index in [2.05, 4.69) is 46.9 Å². The predicted molar refractivity (Wildman–Crippen MR) is 63.4 cm³/mol. The van der Waals surface area contributed by atoms with Crippen molar-refractivity contribution in [3.63, 3.8) is 0 Å². The lowest BCUT2D eigenvalue weighted by molar-refractivity contribution is 0.457. The van der Waals surface area contributed by atoms with Crippen molar-refractivity contribution in [3.05, 3.63) is 0 Å². The first-order valence-electron chi connectivity index (χ1n) is 6.01. The number of hydrogen-bond acceptors (Lipinski definition) is 1. The average molecular weight is 197 g/mol. The first kappa shape index (κ1) is 12.0. The summed E-state index contributed by atoms with van der Waals surface area (Å²) in [6, 6.07) is 0. The highest BCUT2D eigenvalue weighted by Gasteiger charge is 2.63. The van der Waals surface area contributed by atoms with Gasteiger partial charge in [-0.15, -0.1) is 0 Å². The summed E-state index contributed by atoms with van der Waals surface area (Å²) in [7, 11) is 0. The van der Waals surface area contributed by atoms with Gasteiger partial charge in [0.2, 0.25) is 0 Å². The van der Waals surface area contributed by atoms with E-state index >= 15 is 0 Å². The molecule has 0 saturated heterocycles. The molecule has 0 bridgehead atoms. The molecule has 0 radical (unpaired) electrons. The van der Waals surface area contributed by atoms with Crippen LogP contribution in [0.25, 0.3) is 0 Å². The van der Waals surface area contributed by atoms with E-state index in [9.17, 15) is 0 Å². The first-order chi connectivity index (χ1) is 6.30. The lowest BCUT2D eigenvalue weighted by Crippen LogP contribution is -2.21. The molecule has 0 aromatic carbocycles. The molecule has 1 aliphatic rings. The highest BCUT2D eigenvalue weighted by molar-refractivity contribution is 5.12. The van der Waals surface area contributed by atoms with Gasteiger partial charge in [0, 0.05) is 0 Å². The Kier molecular flexibility index (Phi) is 3.30. The Morgan fingerprint density at radius 2 is 1.57 bits per heavy atom. The van der Waals surface area contributed by atoms with Gasteiger partial charge >= 0.3 is 0 Å². The van der Waals surface area contributed by atoms with Crippen LogP contribution in [0.1, 0.15) is 48.0 Å². The first-order valence-corrected chi connectivity index (χ1v) is 6.01. The van der Waals surface area contributed by atoms with Gasteiger partial charge in [-0.2, -0.15) is 0 Å². The zero-order valence-corrected chi connectivity index (χ0v) is 10.8. The fourth-order valence-electron chi connectivity index (χ4n) is 2.48. The van der Waals surface area contributed by atoms with E-state index < -0.39 is 0 Å². The van der Waals surface area contributed by atoms with Gasteiger partial charge in [-0.3, -0.25) is 0 Å². The molecule has 0 heterocycles. The molecule has 14 heavy (non-hydrogen) atoms. The normalized spacial score (nSPS) is 24.2. The SMILES string of the molecule is CC(C)CCNCC1C(C)(C)C1(C)C. The maximum atomic E-state index is 3.59.